The van der Waals surface area contributed by atoms with Gasteiger partial charge in [0.25, 0.3) is 47.3 Å². The van der Waals surface area contributed by atoms with E-state index in [0.29, 0.717) is 155 Å². The molecule has 0 bridgehead atoms. The van der Waals surface area contributed by atoms with E-state index in [2.05, 4.69) is 67.6 Å². The van der Waals surface area contributed by atoms with Crippen LogP contribution in [0.3, 0.4) is 0 Å². The Hall–Kier alpha value is -13.1. The molecular weight excluding hydrogens is 1720 g/mol. The third kappa shape index (κ3) is 23.2. The number of carbonyl (C=O) groups excluding carboxylic acids is 12. The molecule has 698 valence electrons. The van der Waals surface area contributed by atoms with Crippen molar-refractivity contribution in [1.82, 2.24) is 29.6 Å². The zero-order valence-electron chi connectivity index (χ0n) is 73.6. The topological polar surface area (TPSA) is 513 Å². The maximum atomic E-state index is 14.9. The van der Waals surface area contributed by atoms with Crippen molar-refractivity contribution in [3.63, 3.8) is 0 Å². The highest BCUT2D eigenvalue weighted by molar-refractivity contribution is 6.36. The Labute approximate surface area is 747 Å². The fourth-order valence-corrected chi connectivity index (χ4v) is 15.4. The van der Waals surface area contributed by atoms with E-state index >= 15 is 0 Å². The van der Waals surface area contributed by atoms with E-state index in [0.717, 1.165) is 49.7 Å². The summed E-state index contributed by atoms with van der Waals surface area (Å²) in [7, 11) is 0. The second-order valence-corrected chi connectivity index (χ2v) is 34.7. The summed E-state index contributed by atoms with van der Waals surface area (Å²) in [6.45, 7) is 23.1. The average Bonchev–Trinajstić information content (AvgIpc) is 1.61. The van der Waals surface area contributed by atoms with Crippen LogP contribution in [0.1, 0.15) is 145 Å². The maximum Gasteiger partial charge on any atom is 0.303 e. The number of carbonyl (C=O) groups is 12. The van der Waals surface area contributed by atoms with Gasteiger partial charge in [-0.25, -0.2) is 22.0 Å². The lowest BCUT2D eigenvalue weighted by Crippen LogP contribution is -2.47. The lowest BCUT2D eigenvalue weighted by atomic mass is 10.0. The molecule has 0 aliphatic carbocycles. The second kappa shape index (κ2) is 39.3. The molecule has 36 nitrogen and oxygen atoms in total. The minimum absolute atomic E-state index is 0.0657. The number of ether oxygens (including phenoxy) is 3. The molecule has 2 aromatic heterocycles. The number of fused-ring (bicyclic) bond motifs is 7. The number of nitrogens with two attached hydrogens (primary N) is 1. The van der Waals surface area contributed by atoms with Gasteiger partial charge in [0, 0.05) is 136 Å². The fourth-order valence-electron chi connectivity index (χ4n) is 15.4. The number of halogens is 5. The Morgan fingerprint density at radius 2 is 0.779 bits per heavy atom. The Morgan fingerprint density at radius 1 is 0.458 bits per heavy atom. The number of aliphatic hydroxyl groups is 5. The first-order valence-corrected chi connectivity index (χ1v) is 41.9. The Balaban J connectivity index is 0.000000158. The molecule has 131 heavy (non-hydrogen) atoms. The largest absolute Gasteiger partial charge is 0.450 e. The molecule has 18 N–H and O–H groups in total. The molecule has 2 atom stereocenters. The van der Waals surface area contributed by atoms with Crippen molar-refractivity contribution < 1.29 is 119 Å². The number of hydrogen-bond acceptors (Lipinski definition) is 23. The zero-order chi connectivity index (χ0) is 95.5. The van der Waals surface area contributed by atoms with Gasteiger partial charge in [-0.1, -0.05) is 0 Å². The highest BCUT2D eigenvalue weighted by Crippen LogP contribution is 2.42. The summed E-state index contributed by atoms with van der Waals surface area (Å²) in [6.07, 6.45) is 3.43. The number of nitrogens with one attached hydrogen (secondary N) is 11. The van der Waals surface area contributed by atoms with Crippen molar-refractivity contribution in [2.75, 3.05) is 145 Å². The molecule has 11 heterocycles. The molecule has 7 aromatic rings. The summed E-state index contributed by atoms with van der Waals surface area (Å²) in [5.41, 5.74) is 8.44. The van der Waals surface area contributed by atoms with Gasteiger partial charge in [0.2, 0.25) is 17.7 Å². The number of aromatic amines is 2. The monoisotopic (exact) mass is 1820 g/mol. The number of esters is 1. The fraction of sp³-hybridized carbons (Fsp3) is 0.400. The van der Waals surface area contributed by atoms with Crippen LogP contribution in [-0.4, -0.2) is 253 Å². The van der Waals surface area contributed by atoms with E-state index in [1.807, 2.05) is 0 Å². The van der Waals surface area contributed by atoms with Gasteiger partial charge in [-0.05, 0) is 170 Å². The van der Waals surface area contributed by atoms with Crippen LogP contribution in [0.5, 0.6) is 0 Å². The van der Waals surface area contributed by atoms with Crippen LogP contribution < -0.4 is 53.6 Å². The molecule has 0 unspecified atom stereocenters. The van der Waals surface area contributed by atoms with Crippen molar-refractivity contribution in [3.05, 3.63) is 163 Å². The van der Waals surface area contributed by atoms with Gasteiger partial charge in [-0.3, -0.25) is 67.3 Å². The van der Waals surface area contributed by atoms with Crippen molar-refractivity contribution >= 4 is 151 Å². The molecule has 11 amide bonds. The molecule has 9 aliphatic heterocycles. The van der Waals surface area contributed by atoms with Crippen molar-refractivity contribution in [3.8, 4) is 0 Å². The number of rotatable bonds is 19. The third-order valence-electron chi connectivity index (χ3n) is 22.5. The van der Waals surface area contributed by atoms with Gasteiger partial charge in [0.15, 0.2) is 5.60 Å². The first kappa shape index (κ1) is 96.9. The summed E-state index contributed by atoms with van der Waals surface area (Å²) in [5.74, 6) is -8.68. The van der Waals surface area contributed by atoms with Gasteiger partial charge in [-0.2, -0.15) is 0 Å². The SMILES string of the molecule is CC(=O)OC(C)(C)C(=O)Nc1cc2c(cc1F)CC(=O)N2.CC(C)(O)C(=O)Nc1cc2c(cc1F)CC(=O)N2.Cc1c(/C=C2\C(=O)Nc3cc(NC(=O)C(C)(C)O)c(F)cc32)[nH]c2c1C(=O)N(C[C@@H](O)CN1CCOCC1)CC2.Cc1c(/C=C2\C(=O)Nc3cc(NC(=O)C(C)(C)O)c(F)cc32)[nH]c2c1C(=O)N(C[C@@H](O)CN1CCOCC1)CC2.Nc1cc2c(cc1F)CC(=O)N2. The number of aliphatic hydroxyl groups excluding tert-OH is 2. The van der Waals surface area contributed by atoms with Crippen molar-refractivity contribution in [2.24, 2.45) is 0 Å². The molecule has 0 spiro atoms. The number of morpholine rings is 2. The van der Waals surface area contributed by atoms with Crippen LogP contribution in [0.25, 0.3) is 23.3 Å². The van der Waals surface area contributed by atoms with Gasteiger partial charge in [0.1, 0.15) is 45.9 Å². The smallest absolute Gasteiger partial charge is 0.303 e. The van der Waals surface area contributed by atoms with Crippen molar-refractivity contribution in [2.45, 2.75) is 143 Å². The number of aromatic nitrogens is 2. The van der Waals surface area contributed by atoms with Crippen molar-refractivity contribution in [1.29, 1.82) is 0 Å². The second-order valence-electron chi connectivity index (χ2n) is 34.7. The standard InChI is InChI=1S/2C28H34FN5O6.C14H15FN2O4.C12H13FN2O3.C8H7FN2O/c2*1-15-21(11-18-17-10-19(29)23(12-22(17)31-25(18)36)32-27(38)28(2,3)39)30-20-4-5-34(26(37)24(15)20)14-16(35)13-33-6-8-40-9-7-33;1-7(18)21-14(2,3)13(20)17-11-6-10-8(4-9(11)15)5-12(19)16-10;1-12(2,18)11(17)15-9-5-8-6(3-7(9)13)4-10(16)14-8;9-5-1-4-2-8(12)11-7(4)3-6(5)10/h2*10-12,16,30,35,39H,4-9,13-14H2,1-3H3,(H,31,36)(H,32,38);4,6H,5H2,1-3H3,(H,16,19)(H,17,20);3,5,18H,4H2,1-2H3,(H,14,16)(H,15,17);1,3H,2,10H2,(H,11,12)/b2*18-11-;;;/t2*16-;;;/m00.../s1. The normalized spacial score (nSPS) is 17.3. The number of H-pyrrole nitrogens is 2. The molecule has 16 rings (SSSR count). The quantitative estimate of drug-likeness (QED) is 0.0184. The molecule has 41 heteroatoms. The number of β-amino-alcohol motifs (C(OH)–C–C–N with tert-alkyl or cyclic N) is 2. The Kier molecular flexibility index (Phi) is 29.1. The molecular formula is C90H103F5N16O20. The first-order valence-electron chi connectivity index (χ1n) is 41.9. The van der Waals surface area contributed by atoms with E-state index in [1.165, 1.54) is 111 Å². The van der Waals surface area contributed by atoms with Gasteiger partial charge < -0.3 is 113 Å². The van der Waals surface area contributed by atoms with Crippen LogP contribution in [0.4, 0.5) is 78.8 Å². The predicted molar refractivity (Wildman–Crippen MR) is 472 cm³/mol. The number of amides is 11. The van der Waals surface area contributed by atoms with E-state index in [1.54, 1.807) is 35.8 Å². The molecule has 5 aromatic carbocycles. The molecule has 9 aliphatic rings. The van der Waals surface area contributed by atoms with Gasteiger partial charge in [-0.15, -0.1) is 0 Å². The van der Waals surface area contributed by atoms with Crippen LogP contribution in [0.15, 0.2) is 60.7 Å². The summed E-state index contributed by atoms with van der Waals surface area (Å²) in [6, 6.07) is 12.7. The highest BCUT2D eigenvalue weighted by atomic mass is 19.1. The lowest BCUT2D eigenvalue weighted by Gasteiger charge is -2.32. The zero-order valence-corrected chi connectivity index (χ0v) is 73.6. The van der Waals surface area contributed by atoms with Gasteiger partial charge >= 0.3 is 5.97 Å². The van der Waals surface area contributed by atoms with Crippen LogP contribution >= 0.6 is 0 Å². The van der Waals surface area contributed by atoms with Crippen LogP contribution in [-0.2, 0) is 94.3 Å². The third-order valence-corrected chi connectivity index (χ3v) is 22.5. The average molecular weight is 1820 g/mol. The van der Waals surface area contributed by atoms with E-state index < -0.39 is 105 Å². The summed E-state index contributed by atoms with van der Waals surface area (Å²) >= 11 is 0. The van der Waals surface area contributed by atoms with Crippen LogP contribution in [0, 0.1) is 42.9 Å². The first-order chi connectivity index (χ1) is 61.5. The van der Waals surface area contributed by atoms with E-state index in [9.17, 15) is 105 Å². The van der Waals surface area contributed by atoms with Crippen LogP contribution in [0.2, 0.25) is 0 Å². The number of nitrogens with zero attached hydrogens (tertiary/aromatic N) is 4. The van der Waals surface area contributed by atoms with Gasteiger partial charge in [0.05, 0.1) is 120 Å². The lowest BCUT2D eigenvalue weighted by molar-refractivity contribution is -0.160. The number of hydrogen-bond donors (Lipinski definition) is 17. The maximum absolute atomic E-state index is 14.9. The summed E-state index contributed by atoms with van der Waals surface area (Å²) in [5, 5.41) is 72.8. The molecule has 2 fully saturated rings. The molecule has 0 radical (unpaired) electrons. The number of anilines is 10. The van der Waals surface area contributed by atoms with E-state index in [-0.39, 0.29) is 101 Å². The minimum Gasteiger partial charge on any atom is -0.450 e. The molecule has 0 saturated carbocycles. The number of benzene rings is 5. The number of nitrogen functional groups attached to an aromatic ring is 1. The highest BCUT2D eigenvalue weighted by Gasteiger charge is 2.39. The minimum atomic E-state index is -1.71. The Morgan fingerprint density at radius 3 is 1.12 bits per heavy atom. The summed E-state index contributed by atoms with van der Waals surface area (Å²) in [4.78, 5) is 158. The molecule has 2 saturated heterocycles. The van der Waals surface area contributed by atoms with E-state index in [4.69, 9.17) is 19.9 Å². The predicted octanol–water partition coefficient (Wildman–Crippen LogP) is 6.24. The summed E-state index contributed by atoms with van der Waals surface area (Å²) < 4.78 is 85.8. The Bertz CT molecular complexity index is 5610.